The number of ketones is 2. The quantitative estimate of drug-likeness (QED) is 0.587. The SMILES string of the molecule is C=CC(=O)c1ccccc1Oc1ccccc1C(=O)C=C. The fourth-order valence-electron chi connectivity index (χ4n) is 1.86. The number of benzene rings is 2. The molecule has 0 aromatic heterocycles. The molecule has 0 heterocycles. The molecule has 0 amide bonds. The maximum absolute atomic E-state index is 11.8. The van der Waals surface area contributed by atoms with Crippen LogP contribution in [0.5, 0.6) is 11.5 Å². The van der Waals surface area contributed by atoms with Crippen LogP contribution < -0.4 is 4.74 Å². The number of carbonyl (C=O) groups is 2. The van der Waals surface area contributed by atoms with Gasteiger partial charge in [-0.2, -0.15) is 0 Å². The van der Waals surface area contributed by atoms with Crippen molar-refractivity contribution in [3.05, 3.63) is 85.0 Å². The van der Waals surface area contributed by atoms with E-state index in [0.29, 0.717) is 22.6 Å². The minimum Gasteiger partial charge on any atom is -0.456 e. The van der Waals surface area contributed by atoms with Gasteiger partial charge >= 0.3 is 0 Å². The molecule has 0 atom stereocenters. The van der Waals surface area contributed by atoms with Crippen molar-refractivity contribution >= 4 is 11.6 Å². The first-order valence-corrected chi connectivity index (χ1v) is 6.37. The van der Waals surface area contributed by atoms with Crippen molar-refractivity contribution in [2.24, 2.45) is 0 Å². The molecule has 0 unspecified atom stereocenters. The van der Waals surface area contributed by atoms with Crippen molar-refractivity contribution in [2.45, 2.75) is 0 Å². The normalized spacial score (nSPS) is 9.71. The van der Waals surface area contributed by atoms with Gasteiger partial charge in [0.2, 0.25) is 0 Å². The van der Waals surface area contributed by atoms with Crippen LogP contribution in [0.15, 0.2) is 73.8 Å². The summed E-state index contributed by atoms with van der Waals surface area (Å²) >= 11 is 0. The molecule has 0 aliphatic rings. The van der Waals surface area contributed by atoms with Crippen LogP contribution in [0.2, 0.25) is 0 Å². The molecule has 0 spiro atoms. The first-order chi connectivity index (χ1) is 10.2. The van der Waals surface area contributed by atoms with E-state index in [0.717, 1.165) is 0 Å². The van der Waals surface area contributed by atoms with Gasteiger partial charge in [0.1, 0.15) is 11.5 Å². The molecule has 0 fully saturated rings. The third-order valence-electron chi connectivity index (χ3n) is 2.90. The summed E-state index contributed by atoms with van der Waals surface area (Å²) in [6.45, 7) is 6.94. The molecule has 0 radical (unpaired) electrons. The Kier molecular flexibility index (Phi) is 4.46. The number of rotatable bonds is 6. The van der Waals surface area contributed by atoms with Gasteiger partial charge in [0, 0.05) is 0 Å². The zero-order valence-electron chi connectivity index (χ0n) is 11.4. The van der Waals surface area contributed by atoms with Gasteiger partial charge in [-0.1, -0.05) is 37.4 Å². The highest BCUT2D eigenvalue weighted by Crippen LogP contribution is 2.28. The number of carbonyl (C=O) groups excluding carboxylic acids is 2. The average Bonchev–Trinajstić information content (AvgIpc) is 2.54. The Labute approximate surface area is 123 Å². The molecule has 0 saturated carbocycles. The van der Waals surface area contributed by atoms with E-state index in [2.05, 4.69) is 13.2 Å². The predicted octanol–water partition coefficient (Wildman–Crippen LogP) is 4.22. The maximum Gasteiger partial charge on any atom is 0.188 e. The Morgan fingerprint density at radius 2 is 1.14 bits per heavy atom. The van der Waals surface area contributed by atoms with Gasteiger partial charge < -0.3 is 4.74 Å². The Morgan fingerprint density at radius 3 is 1.52 bits per heavy atom. The van der Waals surface area contributed by atoms with Crippen LogP contribution >= 0.6 is 0 Å². The molecule has 2 aromatic carbocycles. The summed E-state index contributed by atoms with van der Waals surface area (Å²) in [5, 5.41) is 0. The molecule has 0 aliphatic heterocycles. The summed E-state index contributed by atoms with van der Waals surface area (Å²) in [7, 11) is 0. The minimum absolute atomic E-state index is 0.238. The van der Waals surface area contributed by atoms with Gasteiger partial charge in [-0.25, -0.2) is 0 Å². The van der Waals surface area contributed by atoms with Crippen LogP contribution in [0.1, 0.15) is 20.7 Å². The molecule has 0 N–H and O–H groups in total. The lowest BCUT2D eigenvalue weighted by molar-refractivity contribution is 0.104. The lowest BCUT2D eigenvalue weighted by Gasteiger charge is -2.11. The number of hydrogen-bond acceptors (Lipinski definition) is 3. The van der Waals surface area contributed by atoms with Crippen molar-refractivity contribution in [1.29, 1.82) is 0 Å². The van der Waals surface area contributed by atoms with Crippen molar-refractivity contribution in [2.75, 3.05) is 0 Å². The highest BCUT2D eigenvalue weighted by molar-refractivity contribution is 6.07. The molecule has 3 nitrogen and oxygen atoms in total. The van der Waals surface area contributed by atoms with Gasteiger partial charge in [-0.3, -0.25) is 9.59 Å². The second-order valence-electron chi connectivity index (χ2n) is 4.23. The molecule has 104 valence electrons. The van der Waals surface area contributed by atoms with Crippen molar-refractivity contribution in [1.82, 2.24) is 0 Å². The lowest BCUT2D eigenvalue weighted by atomic mass is 10.1. The van der Waals surface area contributed by atoms with Gasteiger partial charge in [0.25, 0.3) is 0 Å². The summed E-state index contributed by atoms with van der Waals surface area (Å²) in [5.41, 5.74) is 0.793. The standard InChI is InChI=1S/C18H14O3/c1-3-15(19)13-9-5-7-11-17(13)21-18-12-8-6-10-14(18)16(20)4-2/h3-12H,1-2H2. The van der Waals surface area contributed by atoms with Gasteiger partial charge in [0.15, 0.2) is 11.6 Å². The van der Waals surface area contributed by atoms with Crippen molar-refractivity contribution < 1.29 is 14.3 Å². The highest BCUT2D eigenvalue weighted by atomic mass is 16.5. The second kappa shape index (κ2) is 6.48. The van der Waals surface area contributed by atoms with Crippen LogP contribution in [0, 0.1) is 0 Å². The van der Waals surface area contributed by atoms with Gasteiger partial charge in [-0.15, -0.1) is 0 Å². The molecular weight excluding hydrogens is 264 g/mol. The molecule has 0 aliphatic carbocycles. The van der Waals surface area contributed by atoms with Crippen LogP contribution in [-0.4, -0.2) is 11.6 Å². The zero-order chi connectivity index (χ0) is 15.2. The predicted molar refractivity (Wildman–Crippen MR) is 82.0 cm³/mol. The largest absolute Gasteiger partial charge is 0.456 e. The minimum atomic E-state index is -0.238. The van der Waals surface area contributed by atoms with E-state index in [4.69, 9.17) is 4.74 Å². The van der Waals surface area contributed by atoms with E-state index in [-0.39, 0.29) is 11.6 Å². The number of hydrogen-bond donors (Lipinski definition) is 0. The summed E-state index contributed by atoms with van der Waals surface area (Å²) in [4.78, 5) is 23.6. The fourth-order valence-corrected chi connectivity index (χ4v) is 1.86. The van der Waals surface area contributed by atoms with Crippen LogP contribution in [0.3, 0.4) is 0 Å². The molecular formula is C18H14O3. The second-order valence-corrected chi connectivity index (χ2v) is 4.23. The van der Waals surface area contributed by atoms with E-state index in [1.54, 1.807) is 48.5 Å². The summed E-state index contributed by atoms with van der Waals surface area (Å²) in [6, 6.07) is 13.6. The Morgan fingerprint density at radius 1 is 0.762 bits per heavy atom. The van der Waals surface area contributed by atoms with Crippen LogP contribution in [0.25, 0.3) is 0 Å². The van der Waals surface area contributed by atoms with E-state index in [1.807, 2.05) is 0 Å². The van der Waals surface area contributed by atoms with E-state index >= 15 is 0 Å². The summed E-state index contributed by atoms with van der Waals surface area (Å²) < 4.78 is 5.75. The van der Waals surface area contributed by atoms with Crippen LogP contribution in [-0.2, 0) is 0 Å². The number of para-hydroxylation sites is 2. The topological polar surface area (TPSA) is 43.4 Å². The zero-order valence-corrected chi connectivity index (χ0v) is 11.4. The van der Waals surface area contributed by atoms with E-state index in [1.165, 1.54) is 12.2 Å². The average molecular weight is 278 g/mol. The van der Waals surface area contributed by atoms with Gasteiger partial charge in [0.05, 0.1) is 11.1 Å². The van der Waals surface area contributed by atoms with E-state index in [9.17, 15) is 9.59 Å². The maximum atomic E-state index is 11.8. The Balaban J connectivity index is 2.44. The van der Waals surface area contributed by atoms with Gasteiger partial charge in [-0.05, 0) is 36.4 Å². The third-order valence-corrected chi connectivity index (χ3v) is 2.90. The molecule has 0 bridgehead atoms. The first-order valence-electron chi connectivity index (χ1n) is 6.37. The smallest absolute Gasteiger partial charge is 0.188 e. The molecule has 3 heteroatoms. The molecule has 0 saturated heterocycles. The molecule has 2 aromatic rings. The first kappa shape index (κ1) is 14.5. The summed E-state index contributed by atoms with van der Waals surface area (Å²) in [5.74, 6) is 0.287. The molecule has 21 heavy (non-hydrogen) atoms. The fraction of sp³-hybridized carbons (Fsp3) is 0. The Hall–Kier alpha value is -2.94. The van der Waals surface area contributed by atoms with Crippen molar-refractivity contribution in [3.8, 4) is 11.5 Å². The number of allylic oxidation sites excluding steroid dienone is 2. The highest BCUT2D eigenvalue weighted by Gasteiger charge is 2.13. The molecule has 2 rings (SSSR count). The summed E-state index contributed by atoms with van der Waals surface area (Å²) in [6.07, 6.45) is 2.45. The number of ether oxygens (including phenoxy) is 1. The van der Waals surface area contributed by atoms with E-state index < -0.39 is 0 Å². The third kappa shape index (κ3) is 3.15. The monoisotopic (exact) mass is 278 g/mol. The lowest BCUT2D eigenvalue weighted by Crippen LogP contribution is -2.01. The Bertz CT molecular complexity index is 652. The van der Waals surface area contributed by atoms with Crippen LogP contribution in [0.4, 0.5) is 0 Å². The van der Waals surface area contributed by atoms with Crippen molar-refractivity contribution in [3.63, 3.8) is 0 Å².